The van der Waals surface area contributed by atoms with Crippen molar-refractivity contribution in [2.45, 2.75) is 18.9 Å². The molecule has 1 heterocycles. The smallest absolute Gasteiger partial charge is 0.253 e. The van der Waals surface area contributed by atoms with Crippen molar-refractivity contribution in [1.82, 2.24) is 15.6 Å². The summed E-state index contributed by atoms with van der Waals surface area (Å²) in [5.74, 6) is -1.02. The summed E-state index contributed by atoms with van der Waals surface area (Å²) in [7, 11) is 0. The number of rotatable bonds is 8. The van der Waals surface area contributed by atoms with Crippen LogP contribution >= 0.6 is 11.6 Å². The molecular weight excluding hydrogens is 441 g/mol. The molecule has 7 heteroatoms. The minimum absolute atomic E-state index is 0.302. The Morgan fingerprint density at radius 1 is 0.970 bits per heavy atom. The third-order valence-corrected chi connectivity index (χ3v) is 5.80. The van der Waals surface area contributed by atoms with Gasteiger partial charge in [-0.05, 0) is 47.9 Å². The van der Waals surface area contributed by atoms with Gasteiger partial charge >= 0.3 is 0 Å². The monoisotopic (exact) mass is 463 g/mol. The Hall–Kier alpha value is -3.64. The molecule has 0 fully saturated rings. The fourth-order valence-electron chi connectivity index (χ4n) is 3.72. The molecule has 0 bridgehead atoms. The van der Waals surface area contributed by atoms with Gasteiger partial charge in [0.1, 0.15) is 11.9 Å². The van der Waals surface area contributed by atoms with Crippen LogP contribution < -0.4 is 10.6 Å². The predicted molar refractivity (Wildman–Crippen MR) is 128 cm³/mol. The summed E-state index contributed by atoms with van der Waals surface area (Å²) >= 11 is 6.17. The zero-order chi connectivity index (χ0) is 23.2. The molecule has 5 nitrogen and oxygen atoms in total. The molecule has 3 N–H and O–H groups in total. The van der Waals surface area contributed by atoms with Gasteiger partial charge in [-0.3, -0.25) is 9.59 Å². The molecule has 0 aliphatic carbocycles. The quantitative estimate of drug-likeness (QED) is 0.355. The molecular formula is C26H23ClFN3O2. The van der Waals surface area contributed by atoms with E-state index in [1.54, 1.807) is 36.4 Å². The number of aromatic amines is 1. The van der Waals surface area contributed by atoms with Crippen LogP contribution in [0.15, 0.2) is 79.0 Å². The molecule has 4 rings (SSSR count). The Kier molecular flexibility index (Phi) is 7.05. The van der Waals surface area contributed by atoms with Gasteiger partial charge in [0.25, 0.3) is 5.91 Å². The summed E-state index contributed by atoms with van der Waals surface area (Å²) in [4.78, 5) is 29.2. The van der Waals surface area contributed by atoms with Crippen LogP contribution in [0.1, 0.15) is 21.5 Å². The fraction of sp³-hybridized carbons (Fsp3) is 0.154. The van der Waals surface area contributed by atoms with Gasteiger partial charge in [0.05, 0.1) is 10.6 Å². The van der Waals surface area contributed by atoms with Crippen molar-refractivity contribution in [3.63, 3.8) is 0 Å². The highest BCUT2D eigenvalue weighted by Gasteiger charge is 2.24. The van der Waals surface area contributed by atoms with Crippen LogP contribution in [-0.2, 0) is 17.6 Å². The van der Waals surface area contributed by atoms with E-state index >= 15 is 0 Å². The average molecular weight is 464 g/mol. The Bertz CT molecular complexity index is 1270. The summed E-state index contributed by atoms with van der Waals surface area (Å²) in [5.41, 5.74) is 3.09. The van der Waals surface area contributed by atoms with Crippen LogP contribution in [0.2, 0.25) is 5.02 Å². The number of benzene rings is 3. The Labute approximate surface area is 196 Å². The van der Waals surface area contributed by atoms with Crippen LogP contribution in [0.5, 0.6) is 0 Å². The second-order valence-electron chi connectivity index (χ2n) is 7.74. The maximum atomic E-state index is 13.1. The molecule has 0 radical (unpaired) electrons. The first-order valence-corrected chi connectivity index (χ1v) is 11.0. The average Bonchev–Trinajstić information content (AvgIpc) is 3.23. The first-order chi connectivity index (χ1) is 16.0. The third-order valence-electron chi connectivity index (χ3n) is 5.47. The number of halogens is 2. The lowest BCUT2D eigenvalue weighted by Gasteiger charge is -2.19. The summed E-state index contributed by atoms with van der Waals surface area (Å²) < 4.78 is 13.1. The lowest BCUT2D eigenvalue weighted by Crippen LogP contribution is -2.48. The Morgan fingerprint density at radius 2 is 1.70 bits per heavy atom. The molecule has 0 spiro atoms. The first kappa shape index (κ1) is 22.6. The largest absolute Gasteiger partial charge is 0.361 e. The van der Waals surface area contributed by atoms with E-state index < -0.39 is 11.9 Å². The molecule has 2 amide bonds. The van der Waals surface area contributed by atoms with Gasteiger partial charge in [-0.2, -0.15) is 0 Å². The number of aromatic nitrogens is 1. The van der Waals surface area contributed by atoms with Crippen molar-refractivity contribution >= 4 is 34.3 Å². The van der Waals surface area contributed by atoms with E-state index in [0.29, 0.717) is 30.0 Å². The topological polar surface area (TPSA) is 74.0 Å². The zero-order valence-corrected chi connectivity index (χ0v) is 18.5. The maximum Gasteiger partial charge on any atom is 0.253 e. The van der Waals surface area contributed by atoms with E-state index in [0.717, 1.165) is 22.0 Å². The number of carbonyl (C=O) groups is 2. The van der Waals surface area contributed by atoms with Gasteiger partial charge < -0.3 is 15.6 Å². The van der Waals surface area contributed by atoms with Crippen molar-refractivity contribution in [2.75, 3.05) is 6.54 Å². The molecule has 3 aromatic carbocycles. The molecule has 0 saturated carbocycles. The Balaban J connectivity index is 1.49. The highest BCUT2D eigenvalue weighted by molar-refractivity contribution is 6.33. The number of hydrogen-bond acceptors (Lipinski definition) is 2. The highest BCUT2D eigenvalue weighted by Crippen LogP contribution is 2.20. The SMILES string of the molecule is O=C(N[C@@H](Cc1c[nH]c2ccccc12)C(=O)NCCc1ccc(F)cc1)c1ccccc1Cl. The molecule has 0 aliphatic heterocycles. The summed E-state index contributed by atoms with van der Waals surface area (Å²) in [5, 5.41) is 7.03. The van der Waals surface area contributed by atoms with E-state index in [-0.39, 0.29) is 11.7 Å². The highest BCUT2D eigenvalue weighted by atomic mass is 35.5. The molecule has 0 aliphatic rings. The number of nitrogens with one attached hydrogen (secondary N) is 3. The van der Waals surface area contributed by atoms with E-state index in [2.05, 4.69) is 15.6 Å². The summed E-state index contributed by atoms with van der Waals surface area (Å²) in [6.07, 6.45) is 2.71. The standard InChI is InChI=1S/C26H23ClFN3O2/c27-22-7-3-1-6-21(22)25(32)31-24(15-18-16-30-23-8-4-2-5-20(18)23)26(33)29-14-13-17-9-11-19(28)12-10-17/h1-12,16,24,30H,13-15H2,(H,29,33)(H,31,32)/t24-/m0/s1. The molecule has 0 unspecified atom stereocenters. The molecule has 4 aromatic rings. The van der Waals surface area contributed by atoms with Gasteiger partial charge in [-0.1, -0.05) is 54.1 Å². The number of carbonyl (C=O) groups excluding carboxylic acids is 2. The van der Waals surface area contributed by atoms with Gasteiger partial charge in [-0.15, -0.1) is 0 Å². The number of H-pyrrole nitrogens is 1. The van der Waals surface area contributed by atoms with Crippen LogP contribution in [0, 0.1) is 5.82 Å². The minimum atomic E-state index is -0.804. The van der Waals surface area contributed by atoms with Crippen molar-refractivity contribution < 1.29 is 14.0 Å². The van der Waals surface area contributed by atoms with E-state index in [9.17, 15) is 14.0 Å². The fourth-order valence-corrected chi connectivity index (χ4v) is 3.94. The van der Waals surface area contributed by atoms with Crippen LogP contribution in [0.4, 0.5) is 4.39 Å². The maximum absolute atomic E-state index is 13.1. The van der Waals surface area contributed by atoms with Crippen molar-refractivity contribution in [3.8, 4) is 0 Å². The first-order valence-electron chi connectivity index (χ1n) is 10.6. The number of amides is 2. The van der Waals surface area contributed by atoms with E-state index in [1.165, 1.54) is 12.1 Å². The second kappa shape index (κ2) is 10.3. The van der Waals surface area contributed by atoms with Crippen molar-refractivity contribution in [2.24, 2.45) is 0 Å². The number of para-hydroxylation sites is 1. The third kappa shape index (κ3) is 5.59. The normalized spacial score (nSPS) is 11.8. The van der Waals surface area contributed by atoms with E-state index in [4.69, 9.17) is 11.6 Å². The zero-order valence-electron chi connectivity index (χ0n) is 17.8. The number of hydrogen-bond donors (Lipinski definition) is 3. The minimum Gasteiger partial charge on any atom is -0.361 e. The van der Waals surface area contributed by atoms with Crippen molar-refractivity contribution in [1.29, 1.82) is 0 Å². The van der Waals surface area contributed by atoms with Crippen LogP contribution in [0.25, 0.3) is 10.9 Å². The predicted octanol–water partition coefficient (Wildman–Crippen LogP) is 4.66. The van der Waals surface area contributed by atoms with Gasteiger partial charge in [0, 0.05) is 30.1 Å². The molecule has 1 aromatic heterocycles. The lowest BCUT2D eigenvalue weighted by molar-refractivity contribution is -0.122. The molecule has 1 atom stereocenters. The summed E-state index contributed by atoms with van der Waals surface area (Å²) in [6.45, 7) is 0.358. The van der Waals surface area contributed by atoms with Gasteiger partial charge in [0.2, 0.25) is 5.91 Å². The molecule has 168 valence electrons. The van der Waals surface area contributed by atoms with Gasteiger partial charge in [-0.25, -0.2) is 4.39 Å². The second-order valence-corrected chi connectivity index (χ2v) is 8.14. The van der Waals surface area contributed by atoms with Crippen molar-refractivity contribution in [3.05, 3.63) is 107 Å². The van der Waals surface area contributed by atoms with E-state index in [1.807, 2.05) is 30.5 Å². The van der Waals surface area contributed by atoms with Crippen LogP contribution in [0.3, 0.4) is 0 Å². The summed E-state index contributed by atoms with van der Waals surface area (Å²) in [6, 6.07) is 19.8. The Morgan fingerprint density at radius 3 is 2.48 bits per heavy atom. The molecule has 0 saturated heterocycles. The molecule has 33 heavy (non-hydrogen) atoms. The van der Waals surface area contributed by atoms with Crippen LogP contribution in [-0.4, -0.2) is 29.4 Å². The number of fused-ring (bicyclic) bond motifs is 1. The van der Waals surface area contributed by atoms with Gasteiger partial charge in [0.15, 0.2) is 0 Å². The lowest BCUT2D eigenvalue weighted by atomic mass is 10.0.